The van der Waals surface area contributed by atoms with Crippen LogP contribution >= 0.6 is 0 Å². The molecular formula is C16H30N2O2. The second-order valence-corrected chi connectivity index (χ2v) is 6.69. The highest BCUT2D eigenvalue weighted by Gasteiger charge is 2.43. The molecule has 0 spiro atoms. The summed E-state index contributed by atoms with van der Waals surface area (Å²) in [5, 5.41) is 3.55. The van der Waals surface area contributed by atoms with Crippen LogP contribution in [0.25, 0.3) is 0 Å². The number of rotatable bonds is 6. The second-order valence-electron chi connectivity index (χ2n) is 6.69. The van der Waals surface area contributed by atoms with Crippen molar-refractivity contribution in [2.75, 3.05) is 6.61 Å². The van der Waals surface area contributed by atoms with Gasteiger partial charge in [0.1, 0.15) is 0 Å². The minimum atomic E-state index is 0.00704. The Morgan fingerprint density at radius 2 is 2.15 bits per heavy atom. The van der Waals surface area contributed by atoms with E-state index in [0.29, 0.717) is 5.92 Å². The third-order valence-electron chi connectivity index (χ3n) is 4.50. The van der Waals surface area contributed by atoms with Crippen molar-refractivity contribution in [3.8, 4) is 0 Å². The van der Waals surface area contributed by atoms with Crippen LogP contribution in [0.4, 0.5) is 0 Å². The van der Waals surface area contributed by atoms with E-state index < -0.39 is 0 Å². The van der Waals surface area contributed by atoms with Crippen LogP contribution in [0.15, 0.2) is 0 Å². The molecule has 2 fully saturated rings. The molecule has 0 aromatic carbocycles. The lowest BCUT2D eigenvalue weighted by Crippen LogP contribution is -2.48. The molecular weight excluding hydrogens is 252 g/mol. The first-order valence-corrected chi connectivity index (χ1v) is 8.24. The largest absolute Gasteiger partial charge is 0.376 e. The molecule has 4 nitrogen and oxygen atoms in total. The third-order valence-corrected chi connectivity index (χ3v) is 4.50. The van der Waals surface area contributed by atoms with Crippen LogP contribution < -0.4 is 5.32 Å². The summed E-state index contributed by atoms with van der Waals surface area (Å²) in [6, 6.07) is 0.190. The van der Waals surface area contributed by atoms with Gasteiger partial charge in [0, 0.05) is 6.61 Å². The van der Waals surface area contributed by atoms with Crippen molar-refractivity contribution in [2.45, 2.75) is 84.2 Å². The molecule has 4 heteroatoms. The van der Waals surface area contributed by atoms with Gasteiger partial charge in [0.25, 0.3) is 0 Å². The number of nitrogens with zero attached hydrogens (tertiary/aromatic N) is 1. The number of nitrogens with one attached hydrogen (secondary N) is 1. The summed E-state index contributed by atoms with van der Waals surface area (Å²) in [6.45, 7) is 9.57. The van der Waals surface area contributed by atoms with Gasteiger partial charge in [0.05, 0.1) is 24.4 Å². The molecule has 0 radical (unpaired) electrons. The van der Waals surface area contributed by atoms with Crippen LogP contribution in [0.1, 0.15) is 59.8 Å². The van der Waals surface area contributed by atoms with Gasteiger partial charge in [-0.15, -0.1) is 0 Å². The summed E-state index contributed by atoms with van der Waals surface area (Å²) >= 11 is 0. The van der Waals surface area contributed by atoms with Gasteiger partial charge in [0.2, 0.25) is 5.91 Å². The summed E-state index contributed by atoms with van der Waals surface area (Å²) in [7, 11) is 0. The molecule has 20 heavy (non-hydrogen) atoms. The van der Waals surface area contributed by atoms with E-state index in [0.717, 1.165) is 38.7 Å². The fourth-order valence-electron chi connectivity index (χ4n) is 3.49. The predicted octanol–water partition coefficient (Wildman–Crippen LogP) is 2.53. The summed E-state index contributed by atoms with van der Waals surface area (Å²) in [6.07, 6.45) is 5.59. The molecule has 2 aliphatic heterocycles. The molecule has 116 valence electrons. The maximum Gasteiger partial charge on any atom is 0.241 e. The van der Waals surface area contributed by atoms with Crippen molar-refractivity contribution in [2.24, 2.45) is 5.92 Å². The monoisotopic (exact) mass is 282 g/mol. The fraction of sp³-hybridized carbons (Fsp3) is 0.938. The first-order chi connectivity index (χ1) is 9.54. The summed E-state index contributed by atoms with van der Waals surface area (Å²) < 4.78 is 5.80. The average molecular weight is 282 g/mol. The highest BCUT2D eigenvalue weighted by molar-refractivity contribution is 5.84. The van der Waals surface area contributed by atoms with Gasteiger partial charge in [-0.25, -0.2) is 0 Å². The minimum Gasteiger partial charge on any atom is -0.376 e. The van der Waals surface area contributed by atoms with E-state index in [9.17, 15) is 4.79 Å². The zero-order valence-corrected chi connectivity index (χ0v) is 13.4. The van der Waals surface area contributed by atoms with Crippen molar-refractivity contribution in [1.82, 2.24) is 10.2 Å². The third kappa shape index (κ3) is 3.34. The SMILES string of the molecule is CCCC1NC(CC(C)C)N(C(C)C2CCCO2)C1=O. The van der Waals surface area contributed by atoms with Crippen LogP contribution in [0, 0.1) is 5.92 Å². The van der Waals surface area contributed by atoms with Crippen molar-refractivity contribution in [1.29, 1.82) is 0 Å². The molecule has 2 saturated heterocycles. The van der Waals surface area contributed by atoms with Gasteiger partial charge in [-0.1, -0.05) is 27.2 Å². The molecule has 0 bridgehead atoms. The Labute approximate surface area is 123 Å². The highest BCUT2D eigenvalue weighted by atomic mass is 16.5. The second kappa shape index (κ2) is 6.90. The van der Waals surface area contributed by atoms with Crippen molar-refractivity contribution in [3.05, 3.63) is 0 Å². The molecule has 2 heterocycles. The van der Waals surface area contributed by atoms with Crippen LogP contribution in [-0.2, 0) is 9.53 Å². The number of carbonyl (C=O) groups is 1. The summed E-state index contributed by atoms with van der Waals surface area (Å²) in [5.41, 5.74) is 0. The van der Waals surface area contributed by atoms with Gasteiger partial charge in [0.15, 0.2) is 0 Å². The minimum absolute atomic E-state index is 0.00704. The molecule has 2 rings (SSSR count). The van der Waals surface area contributed by atoms with Crippen molar-refractivity contribution in [3.63, 3.8) is 0 Å². The number of ether oxygens (including phenoxy) is 1. The Morgan fingerprint density at radius 3 is 2.70 bits per heavy atom. The number of carbonyl (C=O) groups excluding carboxylic acids is 1. The van der Waals surface area contributed by atoms with Crippen LogP contribution in [0.2, 0.25) is 0 Å². The van der Waals surface area contributed by atoms with Gasteiger partial charge < -0.3 is 9.64 Å². The van der Waals surface area contributed by atoms with Crippen LogP contribution in [0.5, 0.6) is 0 Å². The van der Waals surface area contributed by atoms with E-state index in [4.69, 9.17) is 4.74 Å². The number of hydrogen-bond donors (Lipinski definition) is 1. The lowest BCUT2D eigenvalue weighted by atomic mass is 10.0. The van der Waals surface area contributed by atoms with E-state index >= 15 is 0 Å². The maximum absolute atomic E-state index is 12.7. The first kappa shape index (κ1) is 15.8. The number of hydrogen-bond acceptors (Lipinski definition) is 3. The van der Waals surface area contributed by atoms with E-state index in [1.54, 1.807) is 0 Å². The Bertz CT molecular complexity index is 326. The molecule has 1 N–H and O–H groups in total. The molecule has 2 aliphatic rings. The highest BCUT2D eigenvalue weighted by Crippen LogP contribution is 2.27. The lowest BCUT2D eigenvalue weighted by Gasteiger charge is -2.34. The van der Waals surface area contributed by atoms with Gasteiger partial charge in [-0.2, -0.15) is 0 Å². The van der Waals surface area contributed by atoms with Crippen LogP contribution in [0.3, 0.4) is 0 Å². The zero-order chi connectivity index (χ0) is 14.7. The quantitative estimate of drug-likeness (QED) is 0.814. The summed E-state index contributed by atoms with van der Waals surface area (Å²) in [4.78, 5) is 14.8. The molecule has 0 aromatic rings. The smallest absolute Gasteiger partial charge is 0.241 e. The van der Waals surface area contributed by atoms with E-state index in [1.165, 1.54) is 0 Å². The Morgan fingerprint density at radius 1 is 1.40 bits per heavy atom. The fourth-order valence-corrected chi connectivity index (χ4v) is 3.49. The zero-order valence-electron chi connectivity index (χ0n) is 13.4. The van der Waals surface area contributed by atoms with Crippen LogP contribution in [-0.4, -0.2) is 41.8 Å². The standard InChI is InChI=1S/C16H30N2O2/c1-5-7-13-16(19)18(15(17-13)10-11(2)3)12(4)14-8-6-9-20-14/h11-15,17H,5-10H2,1-4H3. The van der Waals surface area contributed by atoms with E-state index in [1.807, 2.05) is 0 Å². The van der Waals surface area contributed by atoms with Gasteiger partial charge >= 0.3 is 0 Å². The van der Waals surface area contributed by atoms with E-state index in [-0.39, 0.29) is 30.3 Å². The molecule has 0 aromatic heterocycles. The first-order valence-electron chi connectivity index (χ1n) is 8.24. The Hall–Kier alpha value is -0.610. The molecule has 0 saturated carbocycles. The topological polar surface area (TPSA) is 41.6 Å². The maximum atomic E-state index is 12.7. The molecule has 4 atom stereocenters. The van der Waals surface area contributed by atoms with Gasteiger partial charge in [-0.05, 0) is 38.5 Å². The average Bonchev–Trinajstić information content (AvgIpc) is 2.99. The van der Waals surface area contributed by atoms with Gasteiger partial charge in [-0.3, -0.25) is 10.1 Å². The van der Waals surface area contributed by atoms with Crippen molar-refractivity contribution >= 4 is 5.91 Å². The Balaban J connectivity index is 2.09. The molecule has 0 aliphatic carbocycles. The normalized spacial score (nSPS) is 32.4. The predicted molar refractivity (Wildman–Crippen MR) is 80.4 cm³/mol. The summed E-state index contributed by atoms with van der Waals surface area (Å²) in [5.74, 6) is 0.861. The van der Waals surface area contributed by atoms with Crippen molar-refractivity contribution < 1.29 is 9.53 Å². The Kier molecular flexibility index (Phi) is 5.44. The molecule has 4 unspecified atom stereocenters. The molecule has 1 amide bonds. The lowest BCUT2D eigenvalue weighted by molar-refractivity contribution is -0.135. The van der Waals surface area contributed by atoms with E-state index in [2.05, 4.69) is 37.9 Å². The number of amides is 1.